The van der Waals surface area contributed by atoms with Crippen LogP contribution in [-0.4, -0.2) is 68.9 Å². The first-order valence-electron chi connectivity index (χ1n) is 6.67. The Labute approximate surface area is 122 Å². The zero-order valence-electron chi connectivity index (χ0n) is 11.4. The molecule has 1 aromatic carbocycles. The third-order valence-corrected chi connectivity index (χ3v) is 3.55. The molecule has 1 heterocycles. The average molecular weight is 297 g/mol. The maximum Gasteiger partial charge on any atom is 0.410 e. The Hall–Kier alpha value is -1.67. The average Bonchev–Trinajstić information content (AvgIpc) is 2.51. The maximum atomic E-state index is 12.0. The van der Waals surface area contributed by atoms with Gasteiger partial charge in [0.15, 0.2) is 0 Å². The lowest BCUT2D eigenvalue weighted by atomic mass is 9.95. The van der Waals surface area contributed by atoms with Crippen LogP contribution in [0.15, 0.2) is 30.3 Å². The minimum absolute atomic E-state index is 0.0447. The summed E-state index contributed by atoms with van der Waals surface area (Å²) in [5, 5.41) is 38.3. The van der Waals surface area contributed by atoms with Gasteiger partial charge < -0.3 is 25.2 Å². The second-order valence-corrected chi connectivity index (χ2v) is 4.99. The number of hydrogen-bond donors (Lipinski definition) is 4. The summed E-state index contributed by atoms with van der Waals surface area (Å²) in [6.07, 6.45) is -4.88. The Kier molecular flexibility index (Phi) is 5.13. The van der Waals surface area contributed by atoms with Crippen LogP contribution in [0.4, 0.5) is 4.79 Å². The number of amides is 1. The quantitative estimate of drug-likeness (QED) is 0.574. The van der Waals surface area contributed by atoms with Crippen LogP contribution < -0.4 is 0 Å². The Morgan fingerprint density at radius 3 is 2.48 bits per heavy atom. The highest BCUT2D eigenvalue weighted by Gasteiger charge is 2.43. The normalized spacial score (nSPS) is 29.2. The van der Waals surface area contributed by atoms with Gasteiger partial charge in [0.05, 0.1) is 19.2 Å². The first-order valence-corrected chi connectivity index (χ1v) is 6.67. The van der Waals surface area contributed by atoms with Crippen molar-refractivity contribution in [2.75, 3.05) is 13.2 Å². The third-order valence-electron chi connectivity index (χ3n) is 3.55. The fourth-order valence-corrected chi connectivity index (χ4v) is 2.30. The van der Waals surface area contributed by atoms with E-state index < -0.39 is 37.1 Å². The standard InChI is InChI=1S/C14H19NO6/c16-7-10-12(18)13(19)11(17)6-15(10)14(20)21-8-9-4-2-1-3-5-9/h1-5,10-13,16-19H,6-8H2/t10-,11-,12-,13-/m1/s1. The molecule has 0 radical (unpaired) electrons. The van der Waals surface area contributed by atoms with Crippen molar-refractivity contribution >= 4 is 6.09 Å². The third kappa shape index (κ3) is 3.51. The number of rotatable bonds is 3. The van der Waals surface area contributed by atoms with Gasteiger partial charge in [0.1, 0.15) is 24.9 Å². The van der Waals surface area contributed by atoms with Gasteiger partial charge in [-0.2, -0.15) is 0 Å². The topological polar surface area (TPSA) is 110 Å². The van der Waals surface area contributed by atoms with Crippen LogP contribution >= 0.6 is 0 Å². The van der Waals surface area contributed by atoms with E-state index in [9.17, 15) is 25.2 Å². The minimum atomic E-state index is -1.43. The van der Waals surface area contributed by atoms with E-state index in [4.69, 9.17) is 4.74 Å². The van der Waals surface area contributed by atoms with Crippen molar-refractivity contribution in [3.63, 3.8) is 0 Å². The lowest BCUT2D eigenvalue weighted by Crippen LogP contribution is -2.63. The second-order valence-electron chi connectivity index (χ2n) is 4.99. The summed E-state index contributed by atoms with van der Waals surface area (Å²) < 4.78 is 5.10. The highest BCUT2D eigenvalue weighted by molar-refractivity contribution is 5.68. The summed E-state index contributed by atoms with van der Waals surface area (Å²) in [4.78, 5) is 13.1. The van der Waals surface area contributed by atoms with E-state index in [0.717, 1.165) is 10.5 Å². The number of likely N-dealkylation sites (tertiary alicyclic amines) is 1. The molecule has 0 aliphatic carbocycles. The van der Waals surface area contributed by atoms with Gasteiger partial charge in [-0.25, -0.2) is 4.79 Å². The van der Waals surface area contributed by atoms with Crippen molar-refractivity contribution in [1.29, 1.82) is 0 Å². The molecule has 7 heteroatoms. The van der Waals surface area contributed by atoms with Crippen molar-refractivity contribution in [2.24, 2.45) is 0 Å². The van der Waals surface area contributed by atoms with Crippen LogP contribution in [0.3, 0.4) is 0 Å². The summed E-state index contributed by atoms with van der Waals surface area (Å²) >= 11 is 0. The fraction of sp³-hybridized carbons (Fsp3) is 0.500. The SMILES string of the molecule is O=C(OCc1ccccc1)N1C[C@@H](O)[C@@H](O)[C@H](O)[C@H]1CO. The number of aliphatic hydroxyl groups is 4. The molecule has 1 aliphatic rings. The van der Waals surface area contributed by atoms with Crippen LogP contribution in [0, 0.1) is 0 Å². The lowest BCUT2D eigenvalue weighted by Gasteiger charge is -2.42. The first kappa shape index (κ1) is 15.7. The number of aliphatic hydroxyl groups excluding tert-OH is 4. The van der Waals surface area contributed by atoms with Crippen molar-refractivity contribution in [2.45, 2.75) is 31.0 Å². The van der Waals surface area contributed by atoms with Gasteiger partial charge in [0.25, 0.3) is 0 Å². The number of carbonyl (C=O) groups is 1. The zero-order valence-corrected chi connectivity index (χ0v) is 11.4. The molecule has 116 valence electrons. The van der Waals surface area contributed by atoms with E-state index in [-0.39, 0.29) is 13.2 Å². The second kappa shape index (κ2) is 6.86. The van der Waals surface area contributed by atoms with Crippen LogP contribution in [0.1, 0.15) is 5.56 Å². The Morgan fingerprint density at radius 1 is 1.19 bits per heavy atom. The van der Waals surface area contributed by atoms with Crippen molar-refractivity contribution in [1.82, 2.24) is 4.90 Å². The molecule has 21 heavy (non-hydrogen) atoms. The summed E-state index contributed by atoms with van der Waals surface area (Å²) in [6, 6.07) is 8.04. The first-order chi connectivity index (χ1) is 10.0. The number of ether oxygens (including phenoxy) is 1. The summed E-state index contributed by atoms with van der Waals surface area (Å²) in [5.74, 6) is 0. The number of β-amino-alcohol motifs (C(OH)–C–C–N with tert-alkyl or cyclic N) is 1. The number of nitrogens with zero attached hydrogens (tertiary/aromatic N) is 1. The summed E-state index contributed by atoms with van der Waals surface area (Å²) in [5.41, 5.74) is 0.796. The zero-order chi connectivity index (χ0) is 15.4. The molecule has 7 nitrogen and oxygen atoms in total. The van der Waals surface area contributed by atoms with Crippen LogP contribution in [0.25, 0.3) is 0 Å². The molecule has 0 spiro atoms. The van der Waals surface area contributed by atoms with Gasteiger partial charge in [0, 0.05) is 0 Å². The number of piperidine rings is 1. The molecule has 4 atom stereocenters. The molecule has 4 N–H and O–H groups in total. The Morgan fingerprint density at radius 2 is 1.86 bits per heavy atom. The summed E-state index contributed by atoms with van der Waals surface area (Å²) in [6.45, 7) is -0.703. The smallest absolute Gasteiger partial charge is 0.410 e. The highest BCUT2D eigenvalue weighted by Crippen LogP contribution is 2.20. The Bertz CT molecular complexity index is 468. The van der Waals surface area contributed by atoms with Gasteiger partial charge in [-0.3, -0.25) is 4.90 Å². The fourth-order valence-electron chi connectivity index (χ4n) is 2.30. The molecular formula is C14H19NO6. The predicted molar refractivity (Wildman–Crippen MR) is 72.2 cm³/mol. The van der Waals surface area contributed by atoms with Gasteiger partial charge >= 0.3 is 6.09 Å². The van der Waals surface area contributed by atoms with E-state index in [1.807, 2.05) is 18.2 Å². The summed E-state index contributed by atoms with van der Waals surface area (Å²) in [7, 11) is 0. The minimum Gasteiger partial charge on any atom is -0.445 e. The van der Waals surface area contributed by atoms with E-state index in [1.54, 1.807) is 12.1 Å². The maximum absolute atomic E-state index is 12.0. The number of benzene rings is 1. The number of carbonyl (C=O) groups excluding carboxylic acids is 1. The van der Waals surface area contributed by atoms with Crippen LogP contribution in [-0.2, 0) is 11.3 Å². The molecule has 1 aliphatic heterocycles. The molecule has 1 aromatic rings. The van der Waals surface area contributed by atoms with E-state index in [0.29, 0.717) is 0 Å². The number of hydrogen-bond acceptors (Lipinski definition) is 6. The highest BCUT2D eigenvalue weighted by atomic mass is 16.6. The molecule has 1 fully saturated rings. The van der Waals surface area contributed by atoms with Crippen molar-refractivity contribution in [3.05, 3.63) is 35.9 Å². The molecule has 0 aromatic heterocycles. The predicted octanol–water partition coefficient (Wildman–Crippen LogP) is -0.918. The van der Waals surface area contributed by atoms with E-state index in [2.05, 4.69) is 0 Å². The van der Waals surface area contributed by atoms with Gasteiger partial charge in [-0.05, 0) is 5.56 Å². The van der Waals surface area contributed by atoms with E-state index in [1.165, 1.54) is 0 Å². The van der Waals surface area contributed by atoms with Crippen molar-refractivity contribution in [3.8, 4) is 0 Å². The van der Waals surface area contributed by atoms with Crippen molar-refractivity contribution < 1.29 is 30.0 Å². The van der Waals surface area contributed by atoms with E-state index >= 15 is 0 Å². The Balaban J connectivity index is 2.00. The molecule has 2 rings (SSSR count). The monoisotopic (exact) mass is 297 g/mol. The molecular weight excluding hydrogens is 278 g/mol. The van der Waals surface area contributed by atoms with Crippen LogP contribution in [0.5, 0.6) is 0 Å². The van der Waals surface area contributed by atoms with Crippen LogP contribution in [0.2, 0.25) is 0 Å². The molecule has 1 amide bonds. The molecule has 0 unspecified atom stereocenters. The lowest BCUT2D eigenvalue weighted by molar-refractivity contribution is -0.138. The van der Waals surface area contributed by atoms with Gasteiger partial charge in [0.2, 0.25) is 0 Å². The molecule has 0 saturated carbocycles. The molecule has 0 bridgehead atoms. The van der Waals surface area contributed by atoms with Gasteiger partial charge in [-0.15, -0.1) is 0 Å². The largest absolute Gasteiger partial charge is 0.445 e. The van der Waals surface area contributed by atoms with Gasteiger partial charge in [-0.1, -0.05) is 30.3 Å². The molecule has 1 saturated heterocycles.